The van der Waals surface area contributed by atoms with Crippen LogP contribution in [-0.2, 0) is 9.47 Å². The summed E-state index contributed by atoms with van der Waals surface area (Å²) < 4.78 is 45.3. The number of halogens is 3. The molecular formula is C11H17F3N2O2S. The molecule has 0 unspecified atom stereocenters. The summed E-state index contributed by atoms with van der Waals surface area (Å²) in [6.45, 7) is 0.518. The van der Waals surface area contributed by atoms with Crippen LogP contribution in [0.2, 0.25) is 0 Å². The summed E-state index contributed by atoms with van der Waals surface area (Å²) in [5.74, 6) is 0.943. The number of nitrogens with one attached hydrogen (secondary N) is 1. The molecule has 2 fully saturated rings. The molecule has 0 aliphatic carbocycles. The second-order valence-corrected chi connectivity index (χ2v) is 5.63. The topological polar surface area (TPSA) is 42.8 Å². The highest BCUT2D eigenvalue weighted by atomic mass is 32.2. The Labute approximate surface area is 114 Å². The Kier molecular flexibility index (Phi) is 4.97. The molecule has 0 aromatic carbocycles. The van der Waals surface area contributed by atoms with Gasteiger partial charge < -0.3 is 14.8 Å². The smallest absolute Gasteiger partial charge is 0.381 e. The van der Waals surface area contributed by atoms with Gasteiger partial charge in [0.1, 0.15) is 6.61 Å². The molecule has 2 rings (SSSR count). The van der Waals surface area contributed by atoms with Crippen LogP contribution in [0.25, 0.3) is 0 Å². The Morgan fingerprint density at radius 3 is 2.79 bits per heavy atom. The normalized spacial score (nSPS) is 24.9. The van der Waals surface area contributed by atoms with Crippen molar-refractivity contribution in [3.8, 4) is 0 Å². The zero-order valence-corrected chi connectivity index (χ0v) is 11.3. The van der Waals surface area contributed by atoms with E-state index < -0.39 is 12.8 Å². The highest BCUT2D eigenvalue weighted by molar-refractivity contribution is 8.14. The van der Waals surface area contributed by atoms with Gasteiger partial charge in [-0.25, -0.2) is 0 Å². The molecule has 0 saturated carbocycles. The number of ether oxygens (including phenoxy) is 2. The third-order valence-electron chi connectivity index (χ3n) is 3.06. The number of hydrogen-bond acceptors (Lipinski definition) is 4. The molecule has 0 bridgehead atoms. The molecule has 2 aliphatic heterocycles. The van der Waals surface area contributed by atoms with E-state index in [4.69, 9.17) is 4.74 Å². The average molecular weight is 298 g/mol. The number of nitrogens with zero attached hydrogens (tertiary/aromatic N) is 1. The highest BCUT2D eigenvalue weighted by Gasteiger charge is 2.38. The first-order valence-corrected chi connectivity index (χ1v) is 7.15. The van der Waals surface area contributed by atoms with Gasteiger partial charge in [-0.3, -0.25) is 4.99 Å². The number of hydrogen-bond donors (Lipinski definition) is 1. The van der Waals surface area contributed by atoms with Crippen molar-refractivity contribution in [3.63, 3.8) is 0 Å². The van der Waals surface area contributed by atoms with Gasteiger partial charge in [-0.05, 0) is 12.8 Å². The highest BCUT2D eigenvalue weighted by Crippen LogP contribution is 2.31. The van der Waals surface area contributed by atoms with E-state index in [1.807, 2.05) is 0 Å². The lowest BCUT2D eigenvalue weighted by atomic mass is 9.93. The van der Waals surface area contributed by atoms with Crippen molar-refractivity contribution in [3.05, 3.63) is 0 Å². The van der Waals surface area contributed by atoms with Crippen LogP contribution >= 0.6 is 11.8 Å². The monoisotopic (exact) mass is 298 g/mol. The number of aliphatic imine (C=N–C) groups is 1. The molecule has 1 spiro atoms. The van der Waals surface area contributed by atoms with E-state index in [0.717, 1.165) is 37.0 Å². The molecule has 2 aliphatic rings. The SMILES string of the molecule is FC(F)(F)COCCN=C1NC2(CCOCC2)CS1. The minimum Gasteiger partial charge on any atom is -0.381 e. The van der Waals surface area contributed by atoms with Crippen LogP contribution in [0.5, 0.6) is 0 Å². The van der Waals surface area contributed by atoms with Crippen molar-refractivity contribution in [1.82, 2.24) is 5.32 Å². The van der Waals surface area contributed by atoms with Crippen molar-refractivity contribution in [2.24, 2.45) is 4.99 Å². The van der Waals surface area contributed by atoms with Crippen molar-refractivity contribution < 1.29 is 22.6 Å². The average Bonchev–Trinajstić information content (AvgIpc) is 2.71. The van der Waals surface area contributed by atoms with E-state index in [0.29, 0.717) is 0 Å². The quantitative estimate of drug-likeness (QED) is 0.804. The molecule has 2 heterocycles. The van der Waals surface area contributed by atoms with Crippen molar-refractivity contribution in [2.75, 3.05) is 38.7 Å². The zero-order chi connectivity index (χ0) is 13.8. The second kappa shape index (κ2) is 6.32. The molecule has 0 aromatic rings. The maximum Gasteiger partial charge on any atom is 0.411 e. The van der Waals surface area contributed by atoms with E-state index in [1.54, 1.807) is 11.8 Å². The van der Waals surface area contributed by atoms with Crippen LogP contribution in [0.15, 0.2) is 4.99 Å². The first-order valence-electron chi connectivity index (χ1n) is 6.17. The Hall–Kier alpha value is -0.470. The summed E-state index contributed by atoms with van der Waals surface area (Å²) in [7, 11) is 0. The lowest BCUT2D eigenvalue weighted by molar-refractivity contribution is -0.173. The van der Waals surface area contributed by atoms with E-state index in [9.17, 15) is 13.2 Å². The lowest BCUT2D eigenvalue weighted by Crippen LogP contribution is -2.48. The fraction of sp³-hybridized carbons (Fsp3) is 0.909. The van der Waals surface area contributed by atoms with Gasteiger partial charge in [0.15, 0.2) is 5.17 Å². The minimum atomic E-state index is -4.26. The Morgan fingerprint density at radius 2 is 2.11 bits per heavy atom. The molecule has 19 heavy (non-hydrogen) atoms. The van der Waals surface area contributed by atoms with E-state index in [2.05, 4.69) is 15.0 Å². The summed E-state index contributed by atoms with van der Waals surface area (Å²) >= 11 is 1.62. The third kappa shape index (κ3) is 4.85. The Morgan fingerprint density at radius 1 is 1.37 bits per heavy atom. The zero-order valence-electron chi connectivity index (χ0n) is 10.5. The Bertz CT molecular complexity index is 330. The minimum absolute atomic E-state index is 0.0125. The van der Waals surface area contributed by atoms with Crippen LogP contribution in [0, 0.1) is 0 Å². The lowest BCUT2D eigenvalue weighted by Gasteiger charge is -2.32. The van der Waals surface area contributed by atoms with Crippen LogP contribution < -0.4 is 5.32 Å². The van der Waals surface area contributed by atoms with Gasteiger partial charge in [-0.2, -0.15) is 13.2 Å². The number of thioether (sulfide) groups is 1. The predicted molar refractivity (Wildman–Crippen MR) is 67.6 cm³/mol. The fourth-order valence-corrected chi connectivity index (χ4v) is 3.27. The number of rotatable bonds is 4. The van der Waals surface area contributed by atoms with Gasteiger partial charge in [-0.15, -0.1) is 0 Å². The van der Waals surface area contributed by atoms with Crippen molar-refractivity contribution >= 4 is 16.9 Å². The molecule has 0 amide bonds. The van der Waals surface area contributed by atoms with Crippen LogP contribution in [0.1, 0.15) is 12.8 Å². The van der Waals surface area contributed by atoms with Crippen LogP contribution in [0.4, 0.5) is 13.2 Å². The molecule has 1 N–H and O–H groups in total. The van der Waals surface area contributed by atoms with Gasteiger partial charge in [-0.1, -0.05) is 11.8 Å². The Balaban J connectivity index is 1.67. The van der Waals surface area contributed by atoms with Gasteiger partial charge in [0.25, 0.3) is 0 Å². The summed E-state index contributed by atoms with van der Waals surface area (Å²) in [5, 5.41) is 4.17. The number of alkyl halides is 3. The molecule has 0 atom stereocenters. The first-order chi connectivity index (χ1) is 8.99. The van der Waals surface area contributed by atoms with E-state index >= 15 is 0 Å². The predicted octanol–water partition coefficient (Wildman–Crippen LogP) is 1.81. The van der Waals surface area contributed by atoms with Gasteiger partial charge in [0.05, 0.1) is 18.7 Å². The molecule has 8 heteroatoms. The summed E-state index contributed by atoms with van der Waals surface area (Å²) in [6, 6.07) is 0. The van der Waals surface area contributed by atoms with E-state index in [1.165, 1.54) is 0 Å². The first kappa shape index (κ1) is 14.9. The molecule has 0 aromatic heterocycles. The van der Waals surface area contributed by atoms with Crippen LogP contribution in [0.3, 0.4) is 0 Å². The number of amidine groups is 1. The summed E-state index contributed by atoms with van der Waals surface area (Å²) in [6.07, 6.45) is -2.37. The van der Waals surface area contributed by atoms with Gasteiger partial charge in [0, 0.05) is 19.0 Å². The fourth-order valence-electron chi connectivity index (χ4n) is 2.02. The standard InChI is InChI=1S/C11H17F3N2O2S/c12-11(13,14)7-18-6-3-15-9-16-10(8-19-9)1-4-17-5-2-10/h1-8H2,(H,15,16). The van der Waals surface area contributed by atoms with Crippen molar-refractivity contribution in [2.45, 2.75) is 24.6 Å². The molecule has 0 radical (unpaired) electrons. The maximum atomic E-state index is 11.8. The molecule has 4 nitrogen and oxygen atoms in total. The molecule has 110 valence electrons. The van der Waals surface area contributed by atoms with Crippen molar-refractivity contribution in [1.29, 1.82) is 0 Å². The third-order valence-corrected chi connectivity index (χ3v) is 4.27. The van der Waals surface area contributed by atoms with E-state index in [-0.39, 0.29) is 18.7 Å². The summed E-state index contributed by atoms with van der Waals surface area (Å²) in [4.78, 5) is 4.23. The molecule has 2 saturated heterocycles. The van der Waals surface area contributed by atoms with Crippen LogP contribution in [-0.4, -0.2) is 55.6 Å². The largest absolute Gasteiger partial charge is 0.411 e. The van der Waals surface area contributed by atoms with Gasteiger partial charge >= 0.3 is 6.18 Å². The second-order valence-electron chi connectivity index (χ2n) is 4.66. The summed E-state index contributed by atoms with van der Waals surface area (Å²) in [5.41, 5.74) is 0.0641. The van der Waals surface area contributed by atoms with Gasteiger partial charge in [0.2, 0.25) is 0 Å². The maximum absolute atomic E-state index is 11.8. The molecular weight excluding hydrogens is 281 g/mol.